The Kier molecular flexibility index (Phi) is 6.69. The van der Waals surface area contributed by atoms with E-state index in [1.165, 1.54) is 19.3 Å². The van der Waals surface area contributed by atoms with Crippen LogP contribution in [0.5, 0.6) is 0 Å². The third kappa shape index (κ3) is 5.00. The van der Waals surface area contributed by atoms with E-state index in [-0.39, 0.29) is 17.5 Å². The molecule has 0 bridgehead atoms. The summed E-state index contributed by atoms with van der Waals surface area (Å²) >= 11 is 0. The maximum absolute atomic E-state index is 12.2. The molecule has 6 heteroatoms. The second kappa shape index (κ2) is 8.76. The van der Waals surface area contributed by atoms with Gasteiger partial charge in [0.2, 0.25) is 0 Å². The lowest BCUT2D eigenvalue weighted by Crippen LogP contribution is -2.46. The van der Waals surface area contributed by atoms with Gasteiger partial charge in [0.1, 0.15) is 11.6 Å². The van der Waals surface area contributed by atoms with Gasteiger partial charge >= 0.3 is 0 Å². The lowest BCUT2D eigenvalue weighted by molar-refractivity contribution is -0.118. The van der Waals surface area contributed by atoms with E-state index in [4.69, 9.17) is 5.73 Å². The van der Waals surface area contributed by atoms with Crippen molar-refractivity contribution in [2.45, 2.75) is 38.1 Å². The molecule has 0 aromatic rings. The van der Waals surface area contributed by atoms with Gasteiger partial charge in [0, 0.05) is 51.5 Å². The molecule has 1 aliphatic carbocycles. The lowest BCUT2D eigenvalue weighted by atomic mass is 9.95. The molecule has 122 valence electrons. The van der Waals surface area contributed by atoms with E-state index in [0.29, 0.717) is 6.54 Å². The third-order valence-corrected chi connectivity index (χ3v) is 4.47. The lowest BCUT2D eigenvalue weighted by Gasteiger charge is -2.34. The highest BCUT2D eigenvalue weighted by Gasteiger charge is 2.20. The summed E-state index contributed by atoms with van der Waals surface area (Å²) in [5.41, 5.74) is 5.78. The minimum Gasteiger partial charge on any atom is -0.374 e. The van der Waals surface area contributed by atoms with E-state index in [2.05, 4.69) is 15.1 Å². The Labute approximate surface area is 132 Å². The average molecular weight is 305 g/mol. The quantitative estimate of drug-likeness (QED) is 0.568. The molecule has 0 spiro atoms. The van der Waals surface area contributed by atoms with E-state index in [0.717, 1.165) is 45.6 Å². The molecule has 0 radical (unpaired) electrons. The Morgan fingerprint density at radius 1 is 1.23 bits per heavy atom. The number of nitriles is 1. The van der Waals surface area contributed by atoms with Crippen LogP contribution < -0.4 is 11.1 Å². The van der Waals surface area contributed by atoms with Crippen molar-refractivity contribution in [3.63, 3.8) is 0 Å². The van der Waals surface area contributed by atoms with Crippen LogP contribution in [0.25, 0.3) is 0 Å². The topological polar surface area (TPSA) is 85.4 Å². The van der Waals surface area contributed by atoms with Crippen LogP contribution in [0.3, 0.4) is 0 Å². The zero-order chi connectivity index (χ0) is 15.8. The van der Waals surface area contributed by atoms with Crippen molar-refractivity contribution in [1.29, 1.82) is 5.26 Å². The van der Waals surface area contributed by atoms with Crippen LogP contribution in [-0.2, 0) is 4.79 Å². The van der Waals surface area contributed by atoms with Crippen molar-refractivity contribution in [3.8, 4) is 6.07 Å². The van der Waals surface area contributed by atoms with Gasteiger partial charge in [-0.05, 0) is 12.8 Å². The number of piperazine rings is 1. The molecule has 1 saturated heterocycles. The first kappa shape index (κ1) is 16.8. The minimum absolute atomic E-state index is 0.220. The van der Waals surface area contributed by atoms with E-state index >= 15 is 0 Å². The summed E-state index contributed by atoms with van der Waals surface area (Å²) in [6.45, 7) is 5.10. The molecule has 0 atom stereocenters. The van der Waals surface area contributed by atoms with Crippen molar-refractivity contribution >= 4 is 5.91 Å². The Hall–Kier alpha value is -1.58. The maximum Gasteiger partial charge on any atom is 0.263 e. The number of hydrogen-bond donors (Lipinski definition) is 2. The number of nitrogens with one attached hydrogen (secondary N) is 1. The molecule has 0 unspecified atom stereocenters. The highest BCUT2D eigenvalue weighted by molar-refractivity contribution is 5.97. The van der Waals surface area contributed by atoms with Crippen LogP contribution >= 0.6 is 0 Å². The number of nitrogens with zero attached hydrogens (tertiary/aromatic N) is 3. The summed E-state index contributed by atoms with van der Waals surface area (Å²) in [7, 11) is 0. The molecule has 1 heterocycles. The fourth-order valence-corrected chi connectivity index (χ4v) is 3.13. The first-order valence-electron chi connectivity index (χ1n) is 8.32. The predicted molar refractivity (Wildman–Crippen MR) is 85.8 cm³/mol. The molecule has 22 heavy (non-hydrogen) atoms. The molecule has 2 fully saturated rings. The highest BCUT2D eigenvalue weighted by Crippen LogP contribution is 2.17. The van der Waals surface area contributed by atoms with Crippen LogP contribution in [0.1, 0.15) is 32.1 Å². The maximum atomic E-state index is 12.2. The van der Waals surface area contributed by atoms with Crippen molar-refractivity contribution < 1.29 is 4.79 Å². The van der Waals surface area contributed by atoms with E-state index in [9.17, 15) is 10.1 Å². The third-order valence-electron chi connectivity index (χ3n) is 4.47. The molecular formula is C16H27N5O. The number of carbonyl (C=O) groups is 1. The Bertz CT molecular complexity index is 428. The summed E-state index contributed by atoms with van der Waals surface area (Å²) in [4.78, 5) is 16.6. The number of rotatable bonds is 5. The summed E-state index contributed by atoms with van der Waals surface area (Å²) in [5.74, 6) is -0.223. The van der Waals surface area contributed by atoms with Crippen LogP contribution in [0.15, 0.2) is 11.8 Å². The van der Waals surface area contributed by atoms with Gasteiger partial charge < -0.3 is 16.0 Å². The molecule has 0 aromatic carbocycles. The molecule has 1 saturated carbocycles. The fourth-order valence-electron chi connectivity index (χ4n) is 3.13. The number of nitrogens with two attached hydrogens (primary N) is 1. The fraction of sp³-hybridized carbons (Fsp3) is 0.750. The smallest absolute Gasteiger partial charge is 0.263 e. The van der Waals surface area contributed by atoms with Gasteiger partial charge in [-0.25, -0.2) is 0 Å². The summed E-state index contributed by atoms with van der Waals surface area (Å²) < 4.78 is 0. The van der Waals surface area contributed by atoms with Gasteiger partial charge in [0.25, 0.3) is 5.91 Å². The first-order valence-corrected chi connectivity index (χ1v) is 8.32. The number of carbonyl (C=O) groups excluding carboxylic acids is 1. The standard InChI is InChI=1S/C16H27N5O/c17-6-7-20-8-10-21(11-9-20)13-14(12-18)16(22)19-15-4-2-1-3-5-15/h13,15H,1-11,17H2,(H,19,22)/b14-13-. The van der Waals surface area contributed by atoms with Crippen molar-refractivity contribution in [2.24, 2.45) is 5.73 Å². The van der Waals surface area contributed by atoms with Crippen molar-refractivity contribution in [1.82, 2.24) is 15.1 Å². The second-order valence-corrected chi connectivity index (χ2v) is 6.13. The molecular weight excluding hydrogens is 278 g/mol. The molecule has 2 aliphatic rings. The zero-order valence-corrected chi connectivity index (χ0v) is 13.3. The molecule has 1 amide bonds. The van der Waals surface area contributed by atoms with Gasteiger partial charge in [0.05, 0.1) is 0 Å². The minimum atomic E-state index is -0.223. The van der Waals surface area contributed by atoms with Crippen molar-refractivity contribution in [2.75, 3.05) is 39.3 Å². The van der Waals surface area contributed by atoms with E-state index in [1.54, 1.807) is 6.20 Å². The Morgan fingerprint density at radius 3 is 2.50 bits per heavy atom. The van der Waals surface area contributed by atoms with Crippen molar-refractivity contribution in [3.05, 3.63) is 11.8 Å². The summed E-state index contributed by atoms with van der Waals surface area (Å²) in [6.07, 6.45) is 7.36. The predicted octanol–water partition coefficient (Wildman–Crippen LogP) is 0.419. The Balaban J connectivity index is 1.85. The largest absolute Gasteiger partial charge is 0.374 e. The van der Waals surface area contributed by atoms with Crippen LogP contribution in [-0.4, -0.2) is 61.0 Å². The summed E-state index contributed by atoms with van der Waals surface area (Å²) in [5, 5.41) is 12.3. The van der Waals surface area contributed by atoms with Crippen LogP contribution in [0.2, 0.25) is 0 Å². The first-order chi connectivity index (χ1) is 10.7. The molecule has 6 nitrogen and oxygen atoms in total. The van der Waals surface area contributed by atoms with Gasteiger partial charge in [-0.3, -0.25) is 9.69 Å². The van der Waals surface area contributed by atoms with Crippen LogP contribution in [0.4, 0.5) is 0 Å². The van der Waals surface area contributed by atoms with Gasteiger partial charge in [-0.2, -0.15) is 5.26 Å². The number of amides is 1. The van der Waals surface area contributed by atoms with Gasteiger partial charge in [0.15, 0.2) is 0 Å². The second-order valence-electron chi connectivity index (χ2n) is 6.13. The molecule has 3 N–H and O–H groups in total. The zero-order valence-electron chi connectivity index (χ0n) is 13.3. The average Bonchev–Trinajstić information content (AvgIpc) is 2.55. The normalized spacial score (nSPS) is 21.5. The van der Waals surface area contributed by atoms with E-state index in [1.807, 2.05) is 6.07 Å². The Morgan fingerprint density at radius 2 is 1.91 bits per heavy atom. The number of hydrogen-bond acceptors (Lipinski definition) is 5. The SMILES string of the molecule is N#C/C(=C/N1CCN(CCN)CC1)C(=O)NC1CCCCC1. The molecule has 0 aromatic heterocycles. The van der Waals surface area contributed by atoms with Gasteiger partial charge in [-0.15, -0.1) is 0 Å². The summed E-state index contributed by atoms with van der Waals surface area (Å²) in [6, 6.07) is 2.28. The monoisotopic (exact) mass is 305 g/mol. The van der Waals surface area contributed by atoms with E-state index < -0.39 is 0 Å². The molecule has 2 rings (SSSR count). The highest BCUT2D eigenvalue weighted by atomic mass is 16.1. The van der Waals surface area contributed by atoms with Gasteiger partial charge in [-0.1, -0.05) is 19.3 Å². The molecule has 1 aliphatic heterocycles. The van der Waals surface area contributed by atoms with Crippen LogP contribution in [0, 0.1) is 11.3 Å².